The zero-order valence-electron chi connectivity index (χ0n) is 15.5. The molecule has 1 atom stereocenters. The van der Waals surface area contributed by atoms with E-state index in [9.17, 15) is 13.2 Å². The number of carbonyl (C=O) groups excluding carboxylic acids is 1. The minimum absolute atomic E-state index is 0.107. The molecule has 0 bridgehead atoms. The van der Waals surface area contributed by atoms with Gasteiger partial charge in [-0.2, -0.15) is 0 Å². The number of furan rings is 1. The van der Waals surface area contributed by atoms with E-state index < -0.39 is 9.84 Å². The Morgan fingerprint density at radius 1 is 1.22 bits per heavy atom. The lowest BCUT2D eigenvalue weighted by Crippen LogP contribution is -2.43. The van der Waals surface area contributed by atoms with E-state index in [0.29, 0.717) is 25.3 Å². The van der Waals surface area contributed by atoms with Crippen molar-refractivity contribution < 1.29 is 22.4 Å². The Balaban J connectivity index is 1.74. The number of rotatable bonds is 6. The van der Waals surface area contributed by atoms with Gasteiger partial charge in [0, 0.05) is 31.5 Å². The molecule has 1 N–H and O–H groups in total. The highest BCUT2D eigenvalue weighted by Gasteiger charge is 2.26. The van der Waals surface area contributed by atoms with Crippen molar-refractivity contribution in [1.82, 2.24) is 10.2 Å². The number of benzene rings is 1. The smallest absolute Gasteiger partial charge is 0.251 e. The van der Waals surface area contributed by atoms with Gasteiger partial charge in [-0.15, -0.1) is 0 Å². The van der Waals surface area contributed by atoms with Crippen LogP contribution in [0.1, 0.15) is 27.9 Å². The second-order valence-corrected chi connectivity index (χ2v) is 8.64. The van der Waals surface area contributed by atoms with Gasteiger partial charge in [0.05, 0.1) is 24.2 Å². The molecular weight excluding hydrogens is 368 g/mol. The molecule has 8 heteroatoms. The SMILES string of the molecule is Cc1ccc(C(CNC(=O)c2cccc(S(C)(=O)=O)c2)N2CCOCC2)o1. The van der Waals surface area contributed by atoms with Crippen molar-refractivity contribution >= 4 is 15.7 Å². The molecule has 146 valence electrons. The van der Waals surface area contributed by atoms with Gasteiger partial charge in [-0.25, -0.2) is 8.42 Å². The second-order valence-electron chi connectivity index (χ2n) is 6.62. The monoisotopic (exact) mass is 392 g/mol. The molecule has 1 fully saturated rings. The lowest BCUT2D eigenvalue weighted by Gasteiger charge is -2.33. The minimum atomic E-state index is -3.36. The van der Waals surface area contributed by atoms with Crippen LogP contribution in [-0.2, 0) is 14.6 Å². The number of sulfone groups is 1. The van der Waals surface area contributed by atoms with Crippen LogP contribution in [0.25, 0.3) is 0 Å². The van der Waals surface area contributed by atoms with E-state index in [1.54, 1.807) is 12.1 Å². The molecule has 1 aliphatic heterocycles. The van der Waals surface area contributed by atoms with Crippen LogP contribution in [0.3, 0.4) is 0 Å². The normalized spacial score (nSPS) is 16.8. The zero-order chi connectivity index (χ0) is 19.4. The first kappa shape index (κ1) is 19.6. The maximum atomic E-state index is 12.6. The minimum Gasteiger partial charge on any atom is -0.465 e. The first-order chi connectivity index (χ1) is 12.8. The van der Waals surface area contributed by atoms with Gasteiger partial charge in [0.25, 0.3) is 5.91 Å². The van der Waals surface area contributed by atoms with Gasteiger partial charge in [0.1, 0.15) is 11.5 Å². The van der Waals surface area contributed by atoms with Gasteiger partial charge in [0.2, 0.25) is 0 Å². The highest BCUT2D eigenvalue weighted by molar-refractivity contribution is 7.90. The Bertz CT molecular complexity index is 900. The highest BCUT2D eigenvalue weighted by Crippen LogP contribution is 2.23. The Labute approximate surface area is 159 Å². The van der Waals surface area contributed by atoms with Crippen molar-refractivity contribution in [3.8, 4) is 0 Å². The number of morpholine rings is 1. The maximum absolute atomic E-state index is 12.6. The molecule has 1 aliphatic rings. The third kappa shape index (κ3) is 4.97. The molecule has 7 nitrogen and oxygen atoms in total. The molecule has 1 aromatic heterocycles. The first-order valence-corrected chi connectivity index (χ1v) is 10.7. The average molecular weight is 392 g/mol. The fourth-order valence-electron chi connectivity index (χ4n) is 3.09. The molecule has 1 aromatic carbocycles. The Morgan fingerprint density at radius 2 is 1.96 bits per heavy atom. The van der Waals surface area contributed by atoms with Crippen LogP contribution >= 0.6 is 0 Å². The number of nitrogens with one attached hydrogen (secondary N) is 1. The summed E-state index contributed by atoms with van der Waals surface area (Å²) in [4.78, 5) is 14.9. The van der Waals surface area contributed by atoms with E-state index in [1.807, 2.05) is 19.1 Å². The average Bonchev–Trinajstić information content (AvgIpc) is 3.08. The topological polar surface area (TPSA) is 88.9 Å². The Hall–Kier alpha value is -2.16. The predicted molar refractivity (Wildman–Crippen MR) is 100 cm³/mol. The van der Waals surface area contributed by atoms with E-state index in [4.69, 9.17) is 9.15 Å². The Morgan fingerprint density at radius 3 is 2.59 bits per heavy atom. The number of hydrogen-bond acceptors (Lipinski definition) is 6. The van der Waals surface area contributed by atoms with Crippen molar-refractivity contribution in [3.63, 3.8) is 0 Å². The van der Waals surface area contributed by atoms with Crippen molar-refractivity contribution in [2.75, 3.05) is 39.1 Å². The number of ether oxygens (including phenoxy) is 1. The molecule has 1 amide bonds. The molecule has 0 aliphatic carbocycles. The third-order valence-corrected chi connectivity index (χ3v) is 5.67. The van der Waals surface area contributed by atoms with Gasteiger partial charge >= 0.3 is 0 Å². The fourth-order valence-corrected chi connectivity index (χ4v) is 3.76. The van der Waals surface area contributed by atoms with E-state index >= 15 is 0 Å². The van der Waals surface area contributed by atoms with E-state index in [2.05, 4.69) is 10.2 Å². The number of aryl methyl sites for hydroxylation is 1. The van der Waals surface area contributed by atoms with Crippen molar-refractivity contribution in [2.24, 2.45) is 0 Å². The van der Waals surface area contributed by atoms with Crippen LogP contribution in [0.5, 0.6) is 0 Å². The summed E-state index contributed by atoms with van der Waals surface area (Å²) in [5, 5.41) is 2.91. The summed E-state index contributed by atoms with van der Waals surface area (Å²) >= 11 is 0. The summed E-state index contributed by atoms with van der Waals surface area (Å²) in [6, 6.07) is 9.77. The molecular formula is C19H24N2O5S. The van der Waals surface area contributed by atoms with Crippen molar-refractivity contribution in [1.29, 1.82) is 0 Å². The van der Waals surface area contributed by atoms with Gasteiger partial charge in [-0.1, -0.05) is 6.07 Å². The molecule has 0 spiro atoms. The van der Waals surface area contributed by atoms with Gasteiger partial charge in [-0.05, 0) is 37.3 Å². The maximum Gasteiger partial charge on any atom is 0.251 e. The van der Waals surface area contributed by atoms with Gasteiger partial charge in [-0.3, -0.25) is 9.69 Å². The molecule has 0 saturated carbocycles. The molecule has 3 rings (SSSR count). The molecule has 2 heterocycles. The fraction of sp³-hybridized carbons (Fsp3) is 0.421. The largest absolute Gasteiger partial charge is 0.465 e. The van der Waals surface area contributed by atoms with Gasteiger partial charge < -0.3 is 14.5 Å². The first-order valence-electron chi connectivity index (χ1n) is 8.81. The molecule has 27 heavy (non-hydrogen) atoms. The number of nitrogens with zero attached hydrogens (tertiary/aromatic N) is 1. The number of carbonyl (C=O) groups is 1. The number of amides is 1. The van der Waals surface area contributed by atoms with Crippen LogP contribution in [0.2, 0.25) is 0 Å². The van der Waals surface area contributed by atoms with Crippen LogP contribution in [0.4, 0.5) is 0 Å². The summed E-state index contributed by atoms with van der Waals surface area (Å²) in [6.45, 7) is 5.03. The summed E-state index contributed by atoms with van der Waals surface area (Å²) in [5.41, 5.74) is 0.314. The molecule has 2 aromatic rings. The van der Waals surface area contributed by atoms with Gasteiger partial charge in [0.15, 0.2) is 9.84 Å². The molecule has 0 radical (unpaired) electrons. The second kappa shape index (κ2) is 8.24. The quantitative estimate of drug-likeness (QED) is 0.806. The van der Waals surface area contributed by atoms with Crippen molar-refractivity contribution in [2.45, 2.75) is 17.9 Å². The van der Waals surface area contributed by atoms with E-state index in [0.717, 1.165) is 30.9 Å². The van der Waals surface area contributed by atoms with E-state index in [1.165, 1.54) is 12.1 Å². The molecule has 1 unspecified atom stereocenters. The van der Waals surface area contributed by atoms with Crippen LogP contribution in [-0.4, -0.2) is 58.3 Å². The third-order valence-electron chi connectivity index (χ3n) is 4.56. The van der Waals surface area contributed by atoms with Crippen LogP contribution in [0.15, 0.2) is 45.7 Å². The van der Waals surface area contributed by atoms with E-state index in [-0.39, 0.29) is 16.8 Å². The zero-order valence-corrected chi connectivity index (χ0v) is 16.3. The van der Waals surface area contributed by atoms with Crippen molar-refractivity contribution in [3.05, 3.63) is 53.5 Å². The lowest BCUT2D eigenvalue weighted by molar-refractivity contribution is 0.0117. The molecule has 1 saturated heterocycles. The summed E-state index contributed by atoms with van der Waals surface area (Å²) in [5.74, 6) is 1.29. The predicted octanol–water partition coefficient (Wildman–Crippen LogP) is 1.79. The lowest BCUT2D eigenvalue weighted by atomic mass is 10.1. The van der Waals surface area contributed by atoms with Crippen LogP contribution in [0, 0.1) is 6.92 Å². The Kier molecular flexibility index (Phi) is 5.98. The summed E-state index contributed by atoms with van der Waals surface area (Å²) in [6.07, 6.45) is 1.12. The van der Waals surface area contributed by atoms with Crippen LogP contribution < -0.4 is 5.32 Å². The standard InChI is InChI=1S/C19H24N2O5S/c1-14-6-7-18(26-14)17(21-8-10-25-11-9-21)13-20-19(22)15-4-3-5-16(12-15)27(2,23)24/h3-7,12,17H,8-11,13H2,1-2H3,(H,20,22). The highest BCUT2D eigenvalue weighted by atomic mass is 32.2. The number of hydrogen-bond donors (Lipinski definition) is 1. The summed E-state index contributed by atoms with van der Waals surface area (Å²) in [7, 11) is -3.36. The summed E-state index contributed by atoms with van der Waals surface area (Å²) < 4.78 is 34.6.